The van der Waals surface area contributed by atoms with Gasteiger partial charge in [-0.25, -0.2) is 0 Å². The molecule has 0 spiro atoms. The van der Waals surface area contributed by atoms with Crippen LogP contribution in [0.4, 0.5) is 5.69 Å². The first-order valence-corrected chi connectivity index (χ1v) is 6.30. The van der Waals surface area contributed by atoms with Crippen LogP contribution in [0.3, 0.4) is 0 Å². The van der Waals surface area contributed by atoms with Crippen molar-refractivity contribution < 1.29 is 9.59 Å². The molecule has 4 nitrogen and oxygen atoms in total. The van der Waals surface area contributed by atoms with Gasteiger partial charge in [-0.15, -0.1) is 0 Å². The highest BCUT2D eigenvalue weighted by Crippen LogP contribution is 2.26. The average molecular weight is 246 g/mol. The van der Waals surface area contributed by atoms with Crippen LogP contribution >= 0.6 is 0 Å². The lowest BCUT2D eigenvalue weighted by Crippen LogP contribution is -2.29. The van der Waals surface area contributed by atoms with E-state index in [0.29, 0.717) is 12.1 Å². The van der Waals surface area contributed by atoms with E-state index in [-0.39, 0.29) is 17.7 Å². The fourth-order valence-electron chi connectivity index (χ4n) is 2.09. The first-order chi connectivity index (χ1) is 8.63. The van der Waals surface area contributed by atoms with Crippen molar-refractivity contribution in [2.75, 3.05) is 11.4 Å². The zero-order valence-corrected chi connectivity index (χ0v) is 10.8. The van der Waals surface area contributed by atoms with Crippen LogP contribution in [-0.2, 0) is 16.1 Å². The van der Waals surface area contributed by atoms with Crippen LogP contribution in [0.25, 0.3) is 0 Å². The number of carbonyl (C=O) groups excluding carboxylic acids is 2. The highest BCUT2D eigenvalue weighted by Gasteiger charge is 2.36. The lowest BCUT2D eigenvalue weighted by atomic mass is 10.1. The molecule has 1 N–H and O–H groups in total. The van der Waals surface area contributed by atoms with E-state index in [1.807, 2.05) is 24.3 Å². The van der Waals surface area contributed by atoms with Crippen LogP contribution in [0.5, 0.6) is 0 Å². The smallest absolute Gasteiger partial charge is 0.237 e. The van der Waals surface area contributed by atoms with Crippen molar-refractivity contribution >= 4 is 17.5 Å². The molecule has 1 saturated heterocycles. The third-order valence-corrected chi connectivity index (χ3v) is 3.15. The molecule has 96 valence electrons. The Kier molecular flexibility index (Phi) is 3.77. The summed E-state index contributed by atoms with van der Waals surface area (Å²) in [5, 5.41) is 3.23. The third kappa shape index (κ3) is 2.43. The van der Waals surface area contributed by atoms with Crippen molar-refractivity contribution in [3.05, 3.63) is 29.8 Å². The van der Waals surface area contributed by atoms with E-state index in [0.717, 1.165) is 18.7 Å². The van der Waals surface area contributed by atoms with Crippen LogP contribution in [0.2, 0.25) is 0 Å². The summed E-state index contributed by atoms with van der Waals surface area (Å²) < 4.78 is 0. The molecule has 1 aliphatic heterocycles. The Morgan fingerprint density at radius 2 is 1.94 bits per heavy atom. The van der Waals surface area contributed by atoms with E-state index in [9.17, 15) is 9.59 Å². The van der Waals surface area contributed by atoms with Crippen LogP contribution in [0.15, 0.2) is 24.3 Å². The molecule has 2 amide bonds. The van der Waals surface area contributed by atoms with Gasteiger partial charge in [0.15, 0.2) is 0 Å². The number of carbonyl (C=O) groups is 2. The van der Waals surface area contributed by atoms with Gasteiger partial charge in [-0.1, -0.05) is 26.0 Å². The van der Waals surface area contributed by atoms with Crippen LogP contribution < -0.4 is 10.2 Å². The van der Waals surface area contributed by atoms with Gasteiger partial charge >= 0.3 is 0 Å². The maximum Gasteiger partial charge on any atom is 0.237 e. The predicted molar refractivity (Wildman–Crippen MR) is 70.1 cm³/mol. The SMILES string of the molecule is CCNCc1ccc(N2C(=O)CC(C)C2=O)cc1. The first-order valence-electron chi connectivity index (χ1n) is 6.30. The maximum absolute atomic E-state index is 11.9. The highest BCUT2D eigenvalue weighted by atomic mass is 16.2. The number of hydrogen-bond acceptors (Lipinski definition) is 3. The van der Waals surface area contributed by atoms with Crippen molar-refractivity contribution in [3.63, 3.8) is 0 Å². The van der Waals surface area contributed by atoms with Gasteiger partial charge in [0, 0.05) is 18.9 Å². The Balaban J connectivity index is 2.14. The summed E-state index contributed by atoms with van der Waals surface area (Å²) in [4.78, 5) is 24.9. The highest BCUT2D eigenvalue weighted by molar-refractivity contribution is 6.20. The zero-order chi connectivity index (χ0) is 13.1. The number of amides is 2. The van der Waals surface area contributed by atoms with Gasteiger partial charge in [0.25, 0.3) is 0 Å². The lowest BCUT2D eigenvalue weighted by molar-refractivity contribution is -0.122. The van der Waals surface area contributed by atoms with E-state index >= 15 is 0 Å². The average Bonchev–Trinajstić information content (AvgIpc) is 2.62. The summed E-state index contributed by atoms with van der Waals surface area (Å²) in [6.07, 6.45) is 0.317. The van der Waals surface area contributed by atoms with E-state index in [4.69, 9.17) is 0 Å². The second kappa shape index (κ2) is 5.31. The Hall–Kier alpha value is -1.68. The molecule has 0 aliphatic carbocycles. The van der Waals surface area contributed by atoms with E-state index < -0.39 is 0 Å². The topological polar surface area (TPSA) is 49.4 Å². The molecule has 1 atom stereocenters. The molecule has 1 aliphatic rings. The summed E-state index contributed by atoms with van der Waals surface area (Å²) in [6.45, 7) is 5.56. The van der Waals surface area contributed by atoms with Gasteiger partial charge in [-0.2, -0.15) is 0 Å². The minimum atomic E-state index is -0.195. The molecule has 1 unspecified atom stereocenters. The standard InChI is InChI=1S/C14H18N2O2/c1-3-15-9-11-4-6-12(7-5-11)16-13(17)8-10(2)14(16)18/h4-7,10,15H,3,8-9H2,1-2H3. The normalized spacial score (nSPS) is 19.7. The van der Waals surface area contributed by atoms with Gasteiger partial charge in [0.2, 0.25) is 11.8 Å². The second-order valence-electron chi connectivity index (χ2n) is 4.62. The van der Waals surface area contributed by atoms with Gasteiger partial charge in [0.1, 0.15) is 0 Å². The van der Waals surface area contributed by atoms with Gasteiger partial charge in [-0.3, -0.25) is 14.5 Å². The molecule has 0 radical (unpaired) electrons. The number of nitrogens with zero attached hydrogens (tertiary/aromatic N) is 1. The molecule has 0 saturated carbocycles. The minimum Gasteiger partial charge on any atom is -0.313 e. The number of imide groups is 1. The Morgan fingerprint density at radius 1 is 1.28 bits per heavy atom. The second-order valence-corrected chi connectivity index (χ2v) is 4.62. The quantitative estimate of drug-likeness (QED) is 0.823. The maximum atomic E-state index is 11.9. The molecular formula is C14H18N2O2. The summed E-state index contributed by atoms with van der Waals surface area (Å²) >= 11 is 0. The molecule has 0 aromatic heterocycles. The monoisotopic (exact) mass is 246 g/mol. The molecule has 2 rings (SSSR count). The summed E-state index contributed by atoms with van der Waals surface area (Å²) in [5.74, 6) is -0.398. The van der Waals surface area contributed by atoms with Crippen LogP contribution in [-0.4, -0.2) is 18.4 Å². The van der Waals surface area contributed by atoms with Crippen molar-refractivity contribution in [2.24, 2.45) is 5.92 Å². The summed E-state index contributed by atoms with van der Waals surface area (Å²) in [5.41, 5.74) is 1.82. The Bertz CT molecular complexity index is 453. The van der Waals surface area contributed by atoms with Gasteiger partial charge in [-0.05, 0) is 24.2 Å². The molecule has 1 aromatic rings. The molecule has 1 heterocycles. The number of rotatable bonds is 4. The summed E-state index contributed by atoms with van der Waals surface area (Å²) in [6, 6.07) is 7.56. The van der Waals surface area contributed by atoms with Crippen molar-refractivity contribution in [1.29, 1.82) is 0 Å². The van der Waals surface area contributed by atoms with Crippen molar-refractivity contribution in [3.8, 4) is 0 Å². The number of anilines is 1. The number of benzene rings is 1. The van der Waals surface area contributed by atoms with E-state index in [1.165, 1.54) is 4.90 Å². The molecule has 4 heteroatoms. The fraction of sp³-hybridized carbons (Fsp3) is 0.429. The lowest BCUT2D eigenvalue weighted by Gasteiger charge is -2.14. The molecular weight excluding hydrogens is 228 g/mol. The first kappa shape index (κ1) is 12.8. The van der Waals surface area contributed by atoms with Gasteiger partial charge < -0.3 is 5.32 Å². The minimum absolute atomic E-state index is 0.0977. The van der Waals surface area contributed by atoms with Crippen LogP contribution in [0, 0.1) is 5.92 Å². The fourth-order valence-corrected chi connectivity index (χ4v) is 2.09. The third-order valence-electron chi connectivity index (χ3n) is 3.15. The largest absolute Gasteiger partial charge is 0.313 e. The van der Waals surface area contributed by atoms with E-state index in [1.54, 1.807) is 6.92 Å². The van der Waals surface area contributed by atoms with Crippen molar-refractivity contribution in [1.82, 2.24) is 5.32 Å². The molecule has 0 bridgehead atoms. The van der Waals surface area contributed by atoms with E-state index in [2.05, 4.69) is 12.2 Å². The molecule has 1 fully saturated rings. The predicted octanol–water partition coefficient (Wildman–Crippen LogP) is 1.70. The van der Waals surface area contributed by atoms with Crippen molar-refractivity contribution in [2.45, 2.75) is 26.8 Å². The van der Waals surface area contributed by atoms with Gasteiger partial charge in [0.05, 0.1) is 5.69 Å². The van der Waals surface area contributed by atoms with Crippen LogP contribution in [0.1, 0.15) is 25.8 Å². The summed E-state index contributed by atoms with van der Waals surface area (Å²) in [7, 11) is 0. The Morgan fingerprint density at radius 3 is 2.44 bits per heavy atom. The molecule has 1 aromatic carbocycles. The molecule has 18 heavy (non-hydrogen) atoms. The Labute approximate surface area is 107 Å². The number of nitrogens with one attached hydrogen (secondary N) is 1. The number of hydrogen-bond donors (Lipinski definition) is 1. The zero-order valence-electron chi connectivity index (χ0n) is 10.8.